The molecule has 1 N–H and O–H groups in total. The minimum atomic E-state index is 0.415. The van der Waals surface area contributed by atoms with Crippen LogP contribution < -0.4 is 5.32 Å². The molecule has 3 nitrogen and oxygen atoms in total. The zero-order chi connectivity index (χ0) is 8.39. The maximum atomic E-state index is 4.29. The highest BCUT2D eigenvalue weighted by atomic mass is 14.9. The molecule has 1 atom stereocenters. The molecule has 64 valence electrons. The molecule has 1 aliphatic carbocycles. The first kappa shape index (κ1) is 7.68. The maximum Gasteiger partial charge on any atom is 0.0758 e. The zero-order valence-electron chi connectivity index (χ0n) is 7.20. The summed E-state index contributed by atoms with van der Waals surface area (Å²) in [6.45, 7) is 0. The highest BCUT2D eigenvalue weighted by Gasteiger charge is 2.31. The Hall–Kier alpha value is -0.960. The number of aromatic nitrogens is 2. The molecule has 1 aliphatic rings. The van der Waals surface area contributed by atoms with E-state index in [1.54, 1.807) is 12.4 Å². The number of nitrogens with zero attached hydrogens (tertiary/aromatic N) is 2. The standard InChI is InChI=1S/C9H13N3/c1-10-9(7-2-3-7)8-6-11-4-5-12-8/h4-7,9-10H,2-3H2,1H3. The predicted octanol–water partition coefficient (Wildman–Crippen LogP) is 1.15. The summed E-state index contributed by atoms with van der Waals surface area (Å²) < 4.78 is 0. The number of nitrogens with one attached hydrogen (secondary N) is 1. The van der Waals surface area contributed by atoms with Gasteiger partial charge >= 0.3 is 0 Å². The summed E-state index contributed by atoms with van der Waals surface area (Å²) in [6.07, 6.45) is 7.95. The van der Waals surface area contributed by atoms with E-state index in [4.69, 9.17) is 0 Å². The normalized spacial score (nSPS) is 19.1. The van der Waals surface area contributed by atoms with Crippen LogP contribution in [0.4, 0.5) is 0 Å². The summed E-state index contributed by atoms with van der Waals surface area (Å²) in [6, 6.07) is 0.415. The molecule has 0 radical (unpaired) electrons. The lowest BCUT2D eigenvalue weighted by atomic mass is 10.1. The van der Waals surface area contributed by atoms with Gasteiger partial charge in [0.15, 0.2) is 0 Å². The van der Waals surface area contributed by atoms with E-state index in [1.807, 2.05) is 13.2 Å². The molecule has 3 heteroatoms. The highest BCUT2D eigenvalue weighted by Crippen LogP contribution is 2.39. The van der Waals surface area contributed by atoms with Crippen LogP contribution >= 0.6 is 0 Å². The van der Waals surface area contributed by atoms with Crippen LogP contribution in [0.1, 0.15) is 24.6 Å². The molecule has 1 saturated carbocycles. The van der Waals surface area contributed by atoms with Crippen molar-refractivity contribution in [3.63, 3.8) is 0 Å². The number of rotatable bonds is 3. The van der Waals surface area contributed by atoms with E-state index in [1.165, 1.54) is 12.8 Å². The van der Waals surface area contributed by atoms with Crippen LogP contribution in [0.15, 0.2) is 18.6 Å². The van der Waals surface area contributed by atoms with Gasteiger partial charge in [0.05, 0.1) is 11.7 Å². The van der Waals surface area contributed by atoms with Crippen LogP contribution in [0.25, 0.3) is 0 Å². The second kappa shape index (κ2) is 3.19. The van der Waals surface area contributed by atoms with Crippen molar-refractivity contribution in [2.45, 2.75) is 18.9 Å². The molecule has 0 spiro atoms. The molecule has 0 aromatic carbocycles. The van der Waals surface area contributed by atoms with Gasteiger partial charge in [0.2, 0.25) is 0 Å². The molecule has 0 bridgehead atoms. The highest BCUT2D eigenvalue weighted by molar-refractivity contribution is 5.06. The second-order valence-electron chi connectivity index (χ2n) is 3.23. The fraction of sp³-hybridized carbons (Fsp3) is 0.556. The molecule has 1 fully saturated rings. The average Bonchev–Trinajstić information content (AvgIpc) is 2.92. The van der Waals surface area contributed by atoms with Crippen molar-refractivity contribution in [3.05, 3.63) is 24.3 Å². The Labute approximate surface area is 72.2 Å². The maximum absolute atomic E-state index is 4.29. The van der Waals surface area contributed by atoms with Crippen LogP contribution in [0.5, 0.6) is 0 Å². The third-order valence-corrected chi connectivity index (χ3v) is 2.31. The van der Waals surface area contributed by atoms with Gasteiger partial charge in [-0.1, -0.05) is 0 Å². The van der Waals surface area contributed by atoms with Crippen LogP contribution in [0.3, 0.4) is 0 Å². The van der Waals surface area contributed by atoms with E-state index in [9.17, 15) is 0 Å². The lowest BCUT2D eigenvalue weighted by Crippen LogP contribution is -2.19. The monoisotopic (exact) mass is 163 g/mol. The molecule has 1 unspecified atom stereocenters. The van der Waals surface area contributed by atoms with Crippen molar-refractivity contribution in [1.82, 2.24) is 15.3 Å². The minimum absolute atomic E-state index is 0.415. The Morgan fingerprint density at radius 2 is 2.33 bits per heavy atom. The van der Waals surface area contributed by atoms with Gasteiger partial charge in [-0.2, -0.15) is 0 Å². The molecule has 1 aromatic heterocycles. The Morgan fingerprint density at radius 1 is 1.50 bits per heavy atom. The number of hydrogen-bond donors (Lipinski definition) is 1. The zero-order valence-corrected chi connectivity index (χ0v) is 7.20. The fourth-order valence-electron chi connectivity index (χ4n) is 1.53. The molecule has 1 aromatic rings. The molecular weight excluding hydrogens is 150 g/mol. The summed E-state index contributed by atoms with van der Waals surface area (Å²) in [5, 5.41) is 3.28. The lowest BCUT2D eigenvalue weighted by molar-refractivity contribution is 0.513. The van der Waals surface area contributed by atoms with Crippen molar-refractivity contribution in [2.24, 2.45) is 5.92 Å². The van der Waals surface area contributed by atoms with E-state index in [0.717, 1.165) is 11.6 Å². The van der Waals surface area contributed by atoms with Gasteiger partial charge in [0.1, 0.15) is 0 Å². The summed E-state index contributed by atoms with van der Waals surface area (Å²) in [5.74, 6) is 0.784. The topological polar surface area (TPSA) is 37.8 Å². The van der Waals surface area contributed by atoms with Crippen molar-refractivity contribution >= 4 is 0 Å². The Balaban J connectivity index is 2.15. The summed E-state index contributed by atoms with van der Waals surface area (Å²) in [7, 11) is 1.98. The van der Waals surface area contributed by atoms with Gasteiger partial charge in [-0.25, -0.2) is 0 Å². The summed E-state index contributed by atoms with van der Waals surface area (Å²) in [4.78, 5) is 8.35. The third kappa shape index (κ3) is 1.46. The molecule has 12 heavy (non-hydrogen) atoms. The van der Waals surface area contributed by atoms with Gasteiger partial charge < -0.3 is 5.32 Å². The predicted molar refractivity (Wildman–Crippen MR) is 46.6 cm³/mol. The van der Waals surface area contributed by atoms with Gasteiger partial charge in [0, 0.05) is 18.6 Å². The van der Waals surface area contributed by atoms with Crippen LogP contribution in [-0.4, -0.2) is 17.0 Å². The van der Waals surface area contributed by atoms with Gasteiger partial charge in [-0.15, -0.1) is 0 Å². The first-order chi connectivity index (χ1) is 5.92. The van der Waals surface area contributed by atoms with E-state index in [0.29, 0.717) is 6.04 Å². The first-order valence-electron chi connectivity index (χ1n) is 4.35. The molecule has 0 saturated heterocycles. The molecular formula is C9H13N3. The smallest absolute Gasteiger partial charge is 0.0758 e. The fourth-order valence-corrected chi connectivity index (χ4v) is 1.53. The van der Waals surface area contributed by atoms with Crippen LogP contribution in [-0.2, 0) is 0 Å². The van der Waals surface area contributed by atoms with Gasteiger partial charge in [-0.3, -0.25) is 9.97 Å². The van der Waals surface area contributed by atoms with Crippen molar-refractivity contribution in [3.8, 4) is 0 Å². The lowest BCUT2D eigenvalue weighted by Gasteiger charge is -2.13. The quantitative estimate of drug-likeness (QED) is 0.726. The number of hydrogen-bond acceptors (Lipinski definition) is 3. The largest absolute Gasteiger partial charge is 0.311 e. The van der Waals surface area contributed by atoms with Crippen molar-refractivity contribution in [1.29, 1.82) is 0 Å². The average molecular weight is 163 g/mol. The van der Waals surface area contributed by atoms with Crippen LogP contribution in [0.2, 0.25) is 0 Å². The Morgan fingerprint density at radius 3 is 2.83 bits per heavy atom. The third-order valence-electron chi connectivity index (χ3n) is 2.31. The van der Waals surface area contributed by atoms with E-state index in [2.05, 4.69) is 15.3 Å². The van der Waals surface area contributed by atoms with Crippen molar-refractivity contribution in [2.75, 3.05) is 7.05 Å². The summed E-state index contributed by atoms with van der Waals surface area (Å²) >= 11 is 0. The Bertz CT molecular complexity index is 243. The van der Waals surface area contributed by atoms with E-state index < -0.39 is 0 Å². The van der Waals surface area contributed by atoms with E-state index in [-0.39, 0.29) is 0 Å². The SMILES string of the molecule is CNC(c1cnccn1)C1CC1. The first-order valence-corrected chi connectivity index (χ1v) is 4.35. The molecule has 2 rings (SSSR count). The van der Waals surface area contributed by atoms with Crippen LogP contribution in [0, 0.1) is 5.92 Å². The van der Waals surface area contributed by atoms with Gasteiger partial charge in [-0.05, 0) is 25.8 Å². The second-order valence-corrected chi connectivity index (χ2v) is 3.23. The van der Waals surface area contributed by atoms with E-state index >= 15 is 0 Å². The Kier molecular flexibility index (Phi) is 2.04. The van der Waals surface area contributed by atoms with Crippen molar-refractivity contribution < 1.29 is 0 Å². The summed E-state index contributed by atoms with van der Waals surface area (Å²) in [5.41, 5.74) is 1.07. The van der Waals surface area contributed by atoms with Gasteiger partial charge in [0.25, 0.3) is 0 Å². The molecule has 0 aliphatic heterocycles. The minimum Gasteiger partial charge on any atom is -0.311 e. The molecule has 1 heterocycles. The molecule has 0 amide bonds.